The number of benzene rings is 1. The summed E-state index contributed by atoms with van der Waals surface area (Å²) < 4.78 is 27.8. The Morgan fingerprint density at radius 1 is 1.35 bits per heavy atom. The molecule has 0 amide bonds. The van der Waals surface area contributed by atoms with Gasteiger partial charge in [0.25, 0.3) is 10.0 Å². The van der Waals surface area contributed by atoms with Gasteiger partial charge < -0.3 is 0 Å². The van der Waals surface area contributed by atoms with Gasteiger partial charge in [-0.25, -0.2) is 8.42 Å². The van der Waals surface area contributed by atoms with E-state index in [1.165, 1.54) is 10.8 Å². The van der Waals surface area contributed by atoms with Gasteiger partial charge in [-0.05, 0) is 24.6 Å². The Morgan fingerprint density at radius 3 is 2.65 bits per heavy atom. The highest BCUT2D eigenvalue weighted by atomic mass is 35.5. The third-order valence-corrected chi connectivity index (χ3v) is 3.91. The largest absolute Gasteiger partial charge is 0.264 e. The van der Waals surface area contributed by atoms with Crippen LogP contribution < -0.4 is 4.72 Å². The molecular formula is C13H14ClN3O2S. The van der Waals surface area contributed by atoms with Gasteiger partial charge in [0.2, 0.25) is 0 Å². The maximum atomic E-state index is 12.0. The Balaban J connectivity index is 2.20. The van der Waals surface area contributed by atoms with Crippen LogP contribution in [0.15, 0.2) is 35.7 Å². The fourth-order valence-electron chi connectivity index (χ4n) is 1.66. The lowest BCUT2D eigenvalue weighted by molar-refractivity contribution is 0.608. The Bertz CT molecular complexity index is 751. The topological polar surface area (TPSA) is 64.0 Å². The summed E-state index contributed by atoms with van der Waals surface area (Å²) in [6.07, 6.45) is 1.45. The van der Waals surface area contributed by atoms with Gasteiger partial charge >= 0.3 is 0 Å². The number of nitrogens with one attached hydrogen (secondary N) is 1. The molecule has 0 saturated heterocycles. The van der Waals surface area contributed by atoms with Gasteiger partial charge in [0.15, 0.2) is 0 Å². The predicted octanol–water partition coefficient (Wildman–Crippen LogP) is 2.79. The van der Waals surface area contributed by atoms with E-state index >= 15 is 0 Å². The summed E-state index contributed by atoms with van der Waals surface area (Å²) in [5.74, 6) is 0.409. The molecule has 0 bridgehead atoms. The molecule has 1 heterocycles. The molecule has 0 spiro atoms. The van der Waals surface area contributed by atoms with Crippen molar-refractivity contribution in [3.8, 4) is 0 Å². The highest BCUT2D eigenvalue weighted by Gasteiger charge is 2.10. The van der Waals surface area contributed by atoms with Crippen molar-refractivity contribution >= 4 is 33.5 Å². The zero-order chi connectivity index (χ0) is 14.8. The van der Waals surface area contributed by atoms with Crippen molar-refractivity contribution in [3.05, 3.63) is 52.0 Å². The van der Waals surface area contributed by atoms with Crippen molar-refractivity contribution < 1.29 is 8.42 Å². The monoisotopic (exact) mass is 311 g/mol. The van der Waals surface area contributed by atoms with Crippen LogP contribution in [0, 0.1) is 6.92 Å². The number of sulfonamides is 1. The fraction of sp³-hybridized carbons (Fsp3) is 0.154. The molecule has 0 saturated carbocycles. The number of hydrogen-bond donors (Lipinski definition) is 1. The van der Waals surface area contributed by atoms with Crippen LogP contribution in [-0.2, 0) is 17.1 Å². The van der Waals surface area contributed by atoms with Gasteiger partial charge in [-0.1, -0.05) is 29.8 Å². The van der Waals surface area contributed by atoms with Gasteiger partial charge in [0, 0.05) is 18.1 Å². The fourth-order valence-corrected chi connectivity index (χ4v) is 2.73. The van der Waals surface area contributed by atoms with Crippen molar-refractivity contribution in [1.29, 1.82) is 0 Å². The lowest BCUT2D eigenvalue weighted by Crippen LogP contribution is -2.12. The average Bonchev–Trinajstić information content (AvgIpc) is 2.66. The molecule has 1 N–H and O–H groups in total. The van der Waals surface area contributed by atoms with E-state index in [9.17, 15) is 8.42 Å². The van der Waals surface area contributed by atoms with Gasteiger partial charge in [-0.2, -0.15) is 5.10 Å². The SMILES string of the molecule is Cc1cc(NS(=O)(=O)C=Cc2ccccc2Cl)n(C)n1. The van der Waals surface area contributed by atoms with Crippen molar-refractivity contribution in [3.63, 3.8) is 0 Å². The molecule has 5 nitrogen and oxygen atoms in total. The van der Waals surface area contributed by atoms with Gasteiger partial charge in [0.1, 0.15) is 5.82 Å². The summed E-state index contributed by atoms with van der Waals surface area (Å²) in [6, 6.07) is 8.66. The molecular weight excluding hydrogens is 298 g/mol. The Kier molecular flexibility index (Phi) is 4.15. The van der Waals surface area contributed by atoms with Crippen molar-refractivity contribution in [2.45, 2.75) is 6.92 Å². The lowest BCUT2D eigenvalue weighted by Gasteiger charge is -2.04. The van der Waals surface area contributed by atoms with E-state index in [1.54, 1.807) is 44.3 Å². The van der Waals surface area contributed by atoms with Crippen LogP contribution in [0.5, 0.6) is 0 Å². The van der Waals surface area contributed by atoms with E-state index in [0.717, 1.165) is 11.1 Å². The number of aromatic nitrogens is 2. The smallest absolute Gasteiger partial charge is 0.256 e. The molecule has 20 heavy (non-hydrogen) atoms. The molecule has 7 heteroatoms. The molecule has 0 aliphatic carbocycles. The number of hydrogen-bond acceptors (Lipinski definition) is 3. The third kappa shape index (κ3) is 3.61. The molecule has 0 atom stereocenters. The predicted molar refractivity (Wildman–Crippen MR) is 81.0 cm³/mol. The average molecular weight is 312 g/mol. The standard InChI is InChI=1S/C13H14ClN3O2S/c1-10-9-13(17(2)15-10)16-20(18,19)8-7-11-5-3-4-6-12(11)14/h3-9,16H,1-2H3. The number of nitrogens with zero attached hydrogens (tertiary/aromatic N) is 2. The first-order valence-corrected chi connectivity index (χ1v) is 7.76. The molecule has 0 radical (unpaired) electrons. The Hall–Kier alpha value is -1.79. The minimum absolute atomic E-state index is 0.409. The van der Waals surface area contributed by atoms with Crippen molar-refractivity contribution in [2.24, 2.45) is 7.05 Å². The molecule has 2 aromatic rings. The maximum absolute atomic E-state index is 12.0. The molecule has 2 rings (SSSR count). The second-order valence-corrected chi connectivity index (χ2v) is 6.24. The maximum Gasteiger partial charge on any atom is 0.256 e. The quantitative estimate of drug-likeness (QED) is 0.944. The molecule has 0 aliphatic heterocycles. The van der Waals surface area contributed by atoms with E-state index in [1.807, 2.05) is 0 Å². The summed E-state index contributed by atoms with van der Waals surface area (Å²) in [5, 5.41) is 5.65. The highest BCUT2D eigenvalue weighted by Crippen LogP contribution is 2.17. The van der Waals surface area contributed by atoms with Crippen LogP contribution in [0.4, 0.5) is 5.82 Å². The summed E-state index contributed by atoms with van der Waals surface area (Å²) in [7, 11) is -1.94. The highest BCUT2D eigenvalue weighted by molar-refractivity contribution is 7.95. The Labute approximate surface area is 122 Å². The van der Waals surface area contributed by atoms with E-state index < -0.39 is 10.0 Å². The van der Waals surface area contributed by atoms with Crippen molar-refractivity contribution in [2.75, 3.05) is 4.72 Å². The van der Waals surface area contributed by atoms with Gasteiger partial charge in [0.05, 0.1) is 11.1 Å². The summed E-state index contributed by atoms with van der Waals surface area (Å²) in [6.45, 7) is 1.79. The molecule has 1 aromatic heterocycles. The van der Waals surface area contributed by atoms with E-state index in [0.29, 0.717) is 16.4 Å². The van der Waals surface area contributed by atoms with Crippen LogP contribution in [0.2, 0.25) is 5.02 Å². The van der Waals surface area contributed by atoms with Crippen LogP contribution in [0.1, 0.15) is 11.3 Å². The number of halogens is 1. The summed E-state index contributed by atoms with van der Waals surface area (Å²) in [4.78, 5) is 0. The molecule has 106 valence electrons. The number of aryl methyl sites for hydroxylation is 2. The van der Waals surface area contributed by atoms with Gasteiger partial charge in [-0.15, -0.1) is 0 Å². The van der Waals surface area contributed by atoms with Crippen LogP contribution in [0.25, 0.3) is 6.08 Å². The molecule has 0 unspecified atom stereocenters. The first-order valence-electron chi connectivity index (χ1n) is 5.83. The van der Waals surface area contributed by atoms with E-state index in [2.05, 4.69) is 9.82 Å². The lowest BCUT2D eigenvalue weighted by atomic mass is 10.2. The number of anilines is 1. The minimum Gasteiger partial charge on any atom is -0.264 e. The second-order valence-electron chi connectivity index (χ2n) is 4.27. The zero-order valence-corrected chi connectivity index (χ0v) is 12.6. The second kappa shape index (κ2) is 5.68. The van der Waals surface area contributed by atoms with Crippen molar-refractivity contribution in [1.82, 2.24) is 9.78 Å². The minimum atomic E-state index is -3.61. The summed E-state index contributed by atoms with van der Waals surface area (Å²) >= 11 is 5.96. The number of rotatable bonds is 4. The summed E-state index contributed by atoms with van der Waals surface area (Å²) in [5.41, 5.74) is 1.38. The van der Waals surface area contributed by atoms with E-state index in [4.69, 9.17) is 11.6 Å². The third-order valence-electron chi connectivity index (χ3n) is 2.58. The molecule has 1 aromatic carbocycles. The molecule has 0 fully saturated rings. The van der Waals surface area contributed by atoms with Crippen LogP contribution in [-0.4, -0.2) is 18.2 Å². The van der Waals surface area contributed by atoms with Crippen LogP contribution in [0.3, 0.4) is 0 Å². The normalized spacial score (nSPS) is 11.9. The molecule has 0 aliphatic rings. The van der Waals surface area contributed by atoms with Gasteiger partial charge in [-0.3, -0.25) is 9.40 Å². The zero-order valence-electron chi connectivity index (χ0n) is 11.0. The first-order chi connectivity index (χ1) is 9.37. The Morgan fingerprint density at radius 2 is 2.05 bits per heavy atom. The first kappa shape index (κ1) is 14.6. The van der Waals surface area contributed by atoms with Crippen LogP contribution >= 0.6 is 11.6 Å². The van der Waals surface area contributed by atoms with E-state index in [-0.39, 0.29) is 0 Å².